The fourth-order valence-electron chi connectivity index (χ4n) is 3.76. The molecular weight excluding hydrogens is 592 g/mol. The maximum absolute atomic E-state index is 11.2. The summed E-state index contributed by atoms with van der Waals surface area (Å²) in [6.45, 7) is 6.38. The van der Waals surface area contributed by atoms with Crippen molar-refractivity contribution in [3.8, 4) is 5.75 Å². The molecule has 1 saturated heterocycles. The van der Waals surface area contributed by atoms with Crippen LogP contribution >= 0.6 is 0 Å². The molecule has 0 bridgehead atoms. The van der Waals surface area contributed by atoms with Gasteiger partial charge in [-0.2, -0.15) is 0 Å². The number of aromatic hydroxyl groups is 1. The Labute approximate surface area is 265 Å². The van der Waals surface area contributed by atoms with Gasteiger partial charge in [0.1, 0.15) is 12.4 Å². The molecule has 15 nitrogen and oxygen atoms in total. The Kier molecular flexibility index (Phi) is 25.0. The zero-order valence-corrected chi connectivity index (χ0v) is 26.4. The topological polar surface area (TPSA) is 245 Å². The molecule has 1 aliphatic rings. The second-order valence-electron chi connectivity index (χ2n) is 10.1. The van der Waals surface area contributed by atoms with E-state index in [9.17, 15) is 24.3 Å². The van der Waals surface area contributed by atoms with Crippen molar-refractivity contribution in [1.29, 1.82) is 0 Å². The van der Waals surface area contributed by atoms with Crippen LogP contribution in [0.1, 0.15) is 51.5 Å². The number of ether oxygens (including phenoxy) is 5. The summed E-state index contributed by atoms with van der Waals surface area (Å²) in [6, 6.07) is 7.21. The number of benzene rings is 1. The number of primary amides is 3. The lowest BCUT2D eigenvalue weighted by Gasteiger charge is -2.20. The van der Waals surface area contributed by atoms with Crippen molar-refractivity contribution in [3.05, 3.63) is 29.8 Å². The average Bonchev–Trinajstić information content (AvgIpc) is 3.49. The number of phenolic OH excluding ortho intramolecular Hbond substituents is 1. The van der Waals surface area contributed by atoms with Gasteiger partial charge in [-0.25, -0.2) is 0 Å². The van der Waals surface area contributed by atoms with Gasteiger partial charge in [-0.05, 0) is 43.5 Å². The van der Waals surface area contributed by atoms with E-state index >= 15 is 0 Å². The van der Waals surface area contributed by atoms with Crippen molar-refractivity contribution in [2.75, 3.05) is 59.4 Å². The molecular formula is C30H52N4O11. The van der Waals surface area contributed by atoms with E-state index < -0.39 is 11.9 Å². The zero-order chi connectivity index (χ0) is 33.9. The van der Waals surface area contributed by atoms with E-state index in [0.29, 0.717) is 58.5 Å². The highest BCUT2D eigenvalue weighted by atomic mass is 16.6. The summed E-state index contributed by atoms with van der Waals surface area (Å²) in [5, 5.41) is 20.6. The maximum atomic E-state index is 11.2. The number of carbonyl (C=O) groups excluding carboxylic acids is 3. The first-order valence-corrected chi connectivity index (χ1v) is 14.9. The van der Waals surface area contributed by atoms with Crippen LogP contribution in [0.15, 0.2) is 24.3 Å². The molecule has 3 unspecified atom stereocenters. The highest BCUT2D eigenvalue weighted by Gasteiger charge is 2.16. The minimum atomic E-state index is -0.745. The zero-order valence-electron chi connectivity index (χ0n) is 26.4. The van der Waals surface area contributed by atoms with Crippen molar-refractivity contribution in [2.45, 2.75) is 70.6 Å². The Morgan fingerprint density at radius 2 is 1.49 bits per heavy atom. The molecule has 0 spiro atoms. The van der Waals surface area contributed by atoms with E-state index in [-0.39, 0.29) is 55.8 Å². The number of aliphatic carboxylic acids is 1. The summed E-state index contributed by atoms with van der Waals surface area (Å²) >= 11 is 0. The molecule has 3 amide bonds. The Morgan fingerprint density at radius 1 is 0.911 bits per heavy atom. The van der Waals surface area contributed by atoms with Crippen LogP contribution in [-0.2, 0) is 49.3 Å². The van der Waals surface area contributed by atoms with Crippen LogP contribution in [-0.4, -0.2) is 112 Å². The van der Waals surface area contributed by atoms with Gasteiger partial charge in [0.05, 0.1) is 58.5 Å². The number of amides is 3. The Morgan fingerprint density at radius 3 is 2.02 bits per heavy atom. The SMILES string of the molecule is CC(N)=O.CCC(=O)O.NC(=O)CCC(COCCOC(COCC(N)=O)Cc1ccc(O)cc1)OCCOCC1CCCN1. The van der Waals surface area contributed by atoms with Crippen molar-refractivity contribution in [3.63, 3.8) is 0 Å². The number of carboxylic acids is 1. The van der Waals surface area contributed by atoms with Gasteiger partial charge in [-0.15, -0.1) is 0 Å². The summed E-state index contributed by atoms with van der Waals surface area (Å²) in [5.41, 5.74) is 15.8. The Bertz CT molecular complexity index is 940. The highest BCUT2D eigenvalue weighted by Crippen LogP contribution is 2.13. The van der Waals surface area contributed by atoms with E-state index in [1.54, 1.807) is 31.2 Å². The van der Waals surface area contributed by atoms with Crippen LogP contribution in [0.25, 0.3) is 0 Å². The van der Waals surface area contributed by atoms with Gasteiger partial charge >= 0.3 is 5.97 Å². The van der Waals surface area contributed by atoms with Crippen molar-refractivity contribution in [1.82, 2.24) is 5.32 Å². The molecule has 1 aromatic rings. The van der Waals surface area contributed by atoms with E-state index in [1.165, 1.54) is 13.3 Å². The summed E-state index contributed by atoms with van der Waals surface area (Å²) in [7, 11) is 0. The predicted molar refractivity (Wildman–Crippen MR) is 165 cm³/mol. The van der Waals surface area contributed by atoms with E-state index in [0.717, 1.165) is 18.5 Å². The molecule has 15 heteroatoms. The molecule has 258 valence electrons. The minimum absolute atomic E-state index is 0.181. The molecule has 45 heavy (non-hydrogen) atoms. The van der Waals surface area contributed by atoms with Crippen LogP contribution in [0.4, 0.5) is 0 Å². The largest absolute Gasteiger partial charge is 0.508 e. The minimum Gasteiger partial charge on any atom is -0.508 e. The van der Waals surface area contributed by atoms with Gasteiger partial charge in [0.25, 0.3) is 0 Å². The van der Waals surface area contributed by atoms with Crippen LogP contribution in [0.5, 0.6) is 5.75 Å². The van der Waals surface area contributed by atoms with Crippen LogP contribution in [0.3, 0.4) is 0 Å². The molecule has 1 fully saturated rings. The smallest absolute Gasteiger partial charge is 0.303 e. The van der Waals surface area contributed by atoms with E-state index in [1.807, 2.05) is 0 Å². The first-order valence-electron chi connectivity index (χ1n) is 14.9. The van der Waals surface area contributed by atoms with Gasteiger partial charge in [-0.1, -0.05) is 19.1 Å². The fraction of sp³-hybridized carbons (Fsp3) is 0.667. The number of hydrogen-bond donors (Lipinski definition) is 6. The standard InChI is InChI=1S/C25H41N3O8.C3H6O2.C2H5NO/c26-24(30)8-7-22(35-12-10-32-15-20-2-1-9-28-20)16-33-11-13-36-23(17-34-18-25(27)31)14-19-3-5-21(29)6-4-19;1-2-3(4)5;1-2(3)4/h3-6,20,22-23,28-29H,1-2,7-18H2,(H2,26,30)(H2,27,31);2H2,1H3,(H,4,5);1H3,(H2,3,4). The number of nitrogens with one attached hydrogen (secondary N) is 1. The first kappa shape index (κ1) is 41.7. The normalized spacial score (nSPS) is 15.1. The molecule has 3 atom stereocenters. The third-order valence-corrected chi connectivity index (χ3v) is 5.91. The van der Waals surface area contributed by atoms with Crippen molar-refractivity contribution >= 4 is 23.7 Å². The van der Waals surface area contributed by atoms with Gasteiger partial charge in [0.15, 0.2) is 0 Å². The summed E-state index contributed by atoms with van der Waals surface area (Å²) in [4.78, 5) is 40.7. The molecule has 0 aliphatic carbocycles. The lowest BCUT2D eigenvalue weighted by molar-refractivity contribution is -0.136. The summed E-state index contributed by atoms with van der Waals surface area (Å²) in [6.07, 6.45) is 3.13. The van der Waals surface area contributed by atoms with Gasteiger partial charge in [0.2, 0.25) is 17.7 Å². The highest BCUT2D eigenvalue weighted by molar-refractivity contribution is 5.75. The van der Waals surface area contributed by atoms with E-state index in [4.69, 9.17) is 40.3 Å². The van der Waals surface area contributed by atoms with Crippen LogP contribution in [0.2, 0.25) is 0 Å². The maximum Gasteiger partial charge on any atom is 0.303 e. The molecule has 2 rings (SSSR count). The lowest BCUT2D eigenvalue weighted by atomic mass is 10.1. The first-order chi connectivity index (χ1) is 21.4. The monoisotopic (exact) mass is 644 g/mol. The van der Waals surface area contributed by atoms with Gasteiger partial charge in [0, 0.05) is 32.2 Å². The second-order valence-corrected chi connectivity index (χ2v) is 10.1. The number of rotatable bonds is 22. The number of hydrogen-bond acceptors (Lipinski definition) is 11. The number of nitrogens with two attached hydrogens (primary N) is 3. The third kappa shape index (κ3) is 27.9. The molecule has 0 saturated carbocycles. The lowest BCUT2D eigenvalue weighted by Crippen LogP contribution is -2.29. The molecule has 1 aromatic carbocycles. The molecule has 1 heterocycles. The Hall–Kier alpha value is -3.34. The van der Waals surface area contributed by atoms with Crippen molar-refractivity contribution < 1.29 is 53.1 Å². The quantitative estimate of drug-likeness (QED) is 0.0929. The summed E-state index contributed by atoms with van der Waals surface area (Å²) < 4.78 is 28.5. The number of phenols is 1. The van der Waals surface area contributed by atoms with Gasteiger partial charge in [-0.3, -0.25) is 19.2 Å². The number of carbonyl (C=O) groups is 4. The summed E-state index contributed by atoms with van der Waals surface area (Å²) in [5.74, 6) is -1.84. The average molecular weight is 645 g/mol. The van der Waals surface area contributed by atoms with E-state index in [2.05, 4.69) is 11.1 Å². The number of carboxylic acid groups (broad SMARTS) is 1. The molecule has 1 aliphatic heterocycles. The second kappa shape index (κ2) is 27.0. The van der Waals surface area contributed by atoms with Crippen molar-refractivity contribution in [2.24, 2.45) is 17.2 Å². The predicted octanol–water partition coefficient (Wildman–Crippen LogP) is 0.230. The molecule has 9 N–H and O–H groups in total. The third-order valence-electron chi connectivity index (χ3n) is 5.91. The molecule has 0 aromatic heterocycles. The molecule has 0 radical (unpaired) electrons. The van der Waals surface area contributed by atoms with Gasteiger partial charge < -0.3 is 56.4 Å². The Balaban J connectivity index is 0.00000189. The van der Waals surface area contributed by atoms with Crippen LogP contribution in [0, 0.1) is 0 Å². The van der Waals surface area contributed by atoms with Crippen LogP contribution < -0.4 is 22.5 Å². The fourth-order valence-corrected chi connectivity index (χ4v) is 3.76.